The lowest BCUT2D eigenvalue weighted by Gasteiger charge is -2.35. The van der Waals surface area contributed by atoms with Crippen LogP contribution in [0.1, 0.15) is 0 Å². The second-order valence-electron chi connectivity index (χ2n) is 5.15. The Bertz CT molecular complexity index is 771. The van der Waals surface area contributed by atoms with Gasteiger partial charge < -0.3 is 4.90 Å². The van der Waals surface area contributed by atoms with Gasteiger partial charge >= 0.3 is 0 Å². The second-order valence-corrected chi connectivity index (χ2v) is 7.84. The van der Waals surface area contributed by atoms with Crippen LogP contribution >= 0.6 is 23.2 Å². The van der Waals surface area contributed by atoms with Gasteiger partial charge in [0, 0.05) is 44.3 Å². The van der Waals surface area contributed by atoms with Crippen molar-refractivity contribution < 1.29 is 8.42 Å². The SMILES string of the molecule is O=S(=O)(c1c(Cl)cccc1Cl)N1CCN(c2ccncc2)CC1. The van der Waals surface area contributed by atoms with Crippen molar-refractivity contribution in [3.63, 3.8) is 0 Å². The number of halogens is 2. The molecule has 23 heavy (non-hydrogen) atoms. The molecule has 1 aromatic heterocycles. The molecule has 0 aliphatic carbocycles. The summed E-state index contributed by atoms with van der Waals surface area (Å²) in [5, 5.41) is 0.295. The summed E-state index contributed by atoms with van der Waals surface area (Å²) in [6.07, 6.45) is 3.45. The normalized spacial score (nSPS) is 16.5. The zero-order chi connectivity index (χ0) is 16.4. The molecule has 8 heteroatoms. The Morgan fingerprint density at radius 1 is 0.913 bits per heavy atom. The molecule has 122 valence electrons. The van der Waals surface area contributed by atoms with Gasteiger partial charge in [-0.1, -0.05) is 29.3 Å². The lowest BCUT2D eigenvalue weighted by atomic mass is 10.3. The van der Waals surface area contributed by atoms with Gasteiger partial charge in [-0.25, -0.2) is 8.42 Å². The van der Waals surface area contributed by atoms with Gasteiger partial charge in [0.25, 0.3) is 0 Å². The molecule has 1 aliphatic rings. The number of anilines is 1. The van der Waals surface area contributed by atoms with Gasteiger partial charge in [0.15, 0.2) is 0 Å². The van der Waals surface area contributed by atoms with Crippen molar-refractivity contribution in [3.8, 4) is 0 Å². The number of rotatable bonds is 3. The molecule has 0 spiro atoms. The molecule has 0 N–H and O–H groups in total. The van der Waals surface area contributed by atoms with Crippen molar-refractivity contribution in [2.75, 3.05) is 31.1 Å². The maximum absolute atomic E-state index is 12.8. The first kappa shape index (κ1) is 16.5. The van der Waals surface area contributed by atoms with Gasteiger partial charge in [0.2, 0.25) is 10.0 Å². The van der Waals surface area contributed by atoms with E-state index in [4.69, 9.17) is 23.2 Å². The third kappa shape index (κ3) is 3.30. The standard InChI is InChI=1S/C15H15Cl2N3O2S/c16-13-2-1-3-14(17)15(13)23(21,22)20-10-8-19(9-11-20)12-4-6-18-7-5-12/h1-7H,8-11H2. The molecule has 2 heterocycles. The van der Waals surface area contributed by atoms with E-state index in [-0.39, 0.29) is 14.9 Å². The number of nitrogens with zero attached hydrogens (tertiary/aromatic N) is 3. The topological polar surface area (TPSA) is 53.5 Å². The van der Waals surface area contributed by atoms with Crippen molar-refractivity contribution >= 4 is 38.9 Å². The predicted octanol–water partition coefficient (Wildman–Crippen LogP) is 2.90. The number of benzene rings is 1. The van der Waals surface area contributed by atoms with E-state index in [0.29, 0.717) is 26.2 Å². The first-order valence-corrected chi connectivity index (χ1v) is 9.29. The van der Waals surface area contributed by atoms with Crippen LogP contribution in [0.15, 0.2) is 47.6 Å². The van der Waals surface area contributed by atoms with Gasteiger partial charge in [-0.2, -0.15) is 4.31 Å². The molecule has 0 saturated carbocycles. The summed E-state index contributed by atoms with van der Waals surface area (Å²) in [4.78, 5) is 6.10. The van der Waals surface area contributed by atoms with Crippen molar-refractivity contribution in [1.82, 2.24) is 9.29 Å². The summed E-state index contributed by atoms with van der Waals surface area (Å²) in [6.45, 7) is 1.97. The summed E-state index contributed by atoms with van der Waals surface area (Å²) in [5.41, 5.74) is 1.04. The zero-order valence-corrected chi connectivity index (χ0v) is 14.5. The predicted molar refractivity (Wildman–Crippen MR) is 91.7 cm³/mol. The van der Waals surface area contributed by atoms with Crippen molar-refractivity contribution in [2.24, 2.45) is 0 Å². The Hall–Kier alpha value is -1.34. The number of aromatic nitrogens is 1. The van der Waals surface area contributed by atoms with Crippen LogP contribution in [-0.2, 0) is 10.0 Å². The molecule has 2 aromatic rings. The zero-order valence-electron chi connectivity index (χ0n) is 12.2. The van der Waals surface area contributed by atoms with Gasteiger partial charge in [0.05, 0.1) is 10.0 Å². The molecular weight excluding hydrogens is 357 g/mol. The van der Waals surface area contributed by atoms with Gasteiger partial charge in [-0.15, -0.1) is 0 Å². The molecule has 0 radical (unpaired) electrons. The van der Waals surface area contributed by atoms with E-state index in [1.165, 1.54) is 16.4 Å². The quantitative estimate of drug-likeness (QED) is 0.832. The number of hydrogen-bond acceptors (Lipinski definition) is 4. The first-order chi connectivity index (χ1) is 11.0. The fourth-order valence-corrected chi connectivity index (χ4v) is 5.11. The molecule has 0 unspecified atom stereocenters. The van der Waals surface area contributed by atoms with Crippen LogP contribution < -0.4 is 4.90 Å². The molecule has 1 saturated heterocycles. The van der Waals surface area contributed by atoms with Crippen LogP contribution in [0.5, 0.6) is 0 Å². The van der Waals surface area contributed by atoms with Crippen LogP contribution in [0.2, 0.25) is 10.0 Å². The van der Waals surface area contributed by atoms with Gasteiger partial charge in [-0.05, 0) is 24.3 Å². The third-order valence-electron chi connectivity index (χ3n) is 3.78. The molecule has 1 aliphatic heterocycles. The number of sulfonamides is 1. The van der Waals surface area contributed by atoms with E-state index in [1.54, 1.807) is 18.5 Å². The van der Waals surface area contributed by atoms with E-state index in [9.17, 15) is 8.42 Å². The lowest BCUT2D eigenvalue weighted by molar-refractivity contribution is 0.385. The maximum atomic E-state index is 12.8. The summed E-state index contributed by atoms with van der Waals surface area (Å²) >= 11 is 12.1. The van der Waals surface area contributed by atoms with Crippen molar-refractivity contribution in [2.45, 2.75) is 4.90 Å². The van der Waals surface area contributed by atoms with E-state index in [0.717, 1.165) is 5.69 Å². The highest BCUT2D eigenvalue weighted by Gasteiger charge is 2.31. The molecule has 0 bridgehead atoms. The molecule has 0 atom stereocenters. The van der Waals surface area contributed by atoms with E-state index in [1.807, 2.05) is 12.1 Å². The van der Waals surface area contributed by atoms with Crippen LogP contribution in [0.4, 0.5) is 5.69 Å². The van der Waals surface area contributed by atoms with Crippen molar-refractivity contribution in [1.29, 1.82) is 0 Å². The number of piperazine rings is 1. The van der Waals surface area contributed by atoms with E-state index in [2.05, 4.69) is 9.88 Å². The molecule has 1 fully saturated rings. The minimum Gasteiger partial charge on any atom is -0.369 e. The summed E-state index contributed by atoms with van der Waals surface area (Å²) in [7, 11) is -3.70. The lowest BCUT2D eigenvalue weighted by Crippen LogP contribution is -2.48. The summed E-state index contributed by atoms with van der Waals surface area (Å²) < 4.78 is 27.0. The monoisotopic (exact) mass is 371 g/mol. The number of pyridine rings is 1. The first-order valence-electron chi connectivity index (χ1n) is 7.09. The van der Waals surface area contributed by atoms with E-state index >= 15 is 0 Å². The largest absolute Gasteiger partial charge is 0.369 e. The minimum absolute atomic E-state index is 0.0132. The molecule has 3 rings (SSSR count). The molecular formula is C15H15Cl2N3O2S. The number of hydrogen-bond donors (Lipinski definition) is 0. The summed E-state index contributed by atoms with van der Waals surface area (Å²) in [6, 6.07) is 8.52. The second kappa shape index (κ2) is 6.65. The highest BCUT2D eigenvalue weighted by Crippen LogP contribution is 2.32. The average molecular weight is 372 g/mol. The Morgan fingerprint density at radius 2 is 1.48 bits per heavy atom. The Balaban J connectivity index is 1.79. The molecule has 0 amide bonds. The Labute approximate surface area is 145 Å². The third-order valence-corrected chi connectivity index (χ3v) is 6.64. The Kier molecular flexibility index (Phi) is 4.77. The van der Waals surface area contributed by atoms with Crippen molar-refractivity contribution in [3.05, 3.63) is 52.8 Å². The van der Waals surface area contributed by atoms with Crippen LogP contribution in [0, 0.1) is 0 Å². The molecule has 5 nitrogen and oxygen atoms in total. The maximum Gasteiger partial charge on any atom is 0.246 e. The smallest absolute Gasteiger partial charge is 0.246 e. The molecule has 1 aromatic carbocycles. The fraction of sp³-hybridized carbons (Fsp3) is 0.267. The Morgan fingerprint density at radius 3 is 2.04 bits per heavy atom. The average Bonchev–Trinajstić information content (AvgIpc) is 2.55. The van der Waals surface area contributed by atoms with Crippen LogP contribution in [-0.4, -0.2) is 43.9 Å². The van der Waals surface area contributed by atoms with Gasteiger partial charge in [-0.3, -0.25) is 4.98 Å². The summed E-state index contributed by atoms with van der Waals surface area (Å²) in [5.74, 6) is 0. The van der Waals surface area contributed by atoms with E-state index < -0.39 is 10.0 Å². The van der Waals surface area contributed by atoms with Crippen LogP contribution in [0.25, 0.3) is 0 Å². The highest BCUT2D eigenvalue weighted by molar-refractivity contribution is 7.89. The van der Waals surface area contributed by atoms with Gasteiger partial charge in [0.1, 0.15) is 4.90 Å². The minimum atomic E-state index is -3.70. The fourth-order valence-electron chi connectivity index (χ4n) is 2.60. The highest BCUT2D eigenvalue weighted by atomic mass is 35.5. The van der Waals surface area contributed by atoms with Crippen LogP contribution in [0.3, 0.4) is 0 Å².